The molecule has 0 saturated carbocycles. The van der Waals surface area contributed by atoms with E-state index in [4.69, 9.17) is 23.2 Å². The van der Waals surface area contributed by atoms with E-state index in [1.807, 2.05) is 6.07 Å². The molecule has 0 amide bonds. The molecule has 1 aliphatic carbocycles. The molecule has 3 heteroatoms. The molecule has 0 spiro atoms. The molecule has 0 bridgehead atoms. The molecular formula is C15H14Cl2S. The average Bonchev–Trinajstić information content (AvgIpc) is 2.84. The van der Waals surface area contributed by atoms with E-state index in [0.717, 1.165) is 17.2 Å². The molecule has 0 aliphatic heterocycles. The number of rotatable bonds is 2. The Labute approximate surface area is 122 Å². The fraction of sp³-hybridized carbons (Fsp3) is 0.333. The monoisotopic (exact) mass is 296 g/mol. The highest BCUT2D eigenvalue weighted by Crippen LogP contribution is 2.41. The molecule has 18 heavy (non-hydrogen) atoms. The Bertz CT molecular complexity index is 547. The van der Waals surface area contributed by atoms with Crippen LogP contribution in [0.25, 0.3) is 0 Å². The van der Waals surface area contributed by atoms with E-state index < -0.39 is 0 Å². The van der Waals surface area contributed by atoms with Gasteiger partial charge in [0.15, 0.2) is 0 Å². The molecule has 0 saturated heterocycles. The van der Waals surface area contributed by atoms with Gasteiger partial charge < -0.3 is 0 Å². The molecule has 0 N–H and O–H groups in total. The lowest BCUT2D eigenvalue weighted by atomic mass is 9.82. The van der Waals surface area contributed by atoms with Crippen molar-refractivity contribution in [3.63, 3.8) is 0 Å². The number of halogens is 2. The van der Waals surface area contributed by atoms with Crippen molar-refractivity contribution in [1.82, 2.24) is 0 Å². The molecule has 2 atom stereocenters. The summed E-state index contributed by atoms with van der Waals surface area (Å²) in [6.07, 6.45) is 3.39. The summed E-state index contributed by atoms with van der Waals surface area (Å²) in [5.41, 5.74) is 2.95. The Kier molecular flexibility index (Phi) is 3.65. The summed E-state index contributed by atoms with van der Waals surface area (Å²) in [7, 11) is 0. The van der Waals surface area contributed by atoms with Gasteiger partial charge in [-0.1, -0.05) is 35.9 Å². The summed E-state index contributed by atoms with van der Waals surface area (Å²) in [6, 6.07) is 12.7. The van der Waals surface area contributed by atoms with Crippen LogP contribution in [0.15, 0.2) is 36.4 Å². The second-order valence-corrected chi connectivity index (χ2v) is 7.03. The van der Waals surface area contributed by atoms with Crippen molar-refractivity contribution in [3.8, 4) is 0 Å². The van der Waals surface area contributed by atoms with Crippen LogP contribution in [0.3, 0.4) is 0 Å². The normalized spacial score (nSPS) is 20.4. The molecule has 0 fully saturated rings. The number of alkyl halides is 1. The molecule has 1 aromatic carbocycles. The van der Waals surface area contributed by atoms with Crippen LogP contribution in [0.1, 0.15) is 27.8 Å². The van der Waals surface area contributed by atoms with Crippen LogP contribution in [0.2, 0.25) is 4.34 Å². The van der Waals surface area contributed by atoms with Gasteiger partial charge >= 0.3 is 0 Å². The highest BCUT2D eigenvalue weighted by atomic mass is 35.5. The molecule has 1 aromatic heterocycles. The molecule has 0 radical (unpaired) electrons. The molecule has 1 aliphatic rings. The minimum Gasteiger partial charge on any atom is -0.127 e. The lowest BCUT2D eigenvalue weighted by Crippen LogP contribution is -2.17. The second-order valence-electron chi connectivity index (χ2n) is 4.82. The lowest BCUT2D eigenvalue weighted by molar-refractivity contribution is 0.446. The third-order valence-electron chi connectivity index (χ3n) is 3.66. The van der Waals surface area contributed by atoms with Crippen molar-refractivity contribution < 1.29 is 0 Å². The Balaban J connectivity index is 1.79. The number of hydrogen-bond acceptors (Lipinski definition) is 1. The Morgan fingerprint density at radius 1 is 1.11 bits per heavy atom. The largest absolute Gasteiger partial charge is 0.127 e. The van der Waals surface area contributed by atoms with Crippen LogP contribution in [0.5, 0.6) is 0 Å². The molecule has 2 unspecified atom stereocenters. The van der Waals surface area contributed by atoms with Gasteiger partial charge in [0.25, 0.3) is 0 Å². The predicted molar refractivity (Wildman–Crippen MR) is 79.9 cm³/mol. The van der Waals surface area contributed by atoms with E-state index in [1.165, 1.54) is 22.4 Å². The lowest BCUT2D eigenvalue weighted by Gasteiger charge is -2.27. The third-order valence-corrected chi connectivity index (χ3v) is 5.70. The van der Waals surface area contributed by atoms with E-state index in [2.05, 4.69) is 30.3 Å². The van der Waals surface area contributed by atoms with E-state index in [-0.39, 0.29) is 5.38 Å². The molecular weight excluding hydrogens is 283 g/mol. The third kappa shape index (κ3) is 2.45. The quantitative estimate of drug-likeness (QED) is 0.643. The van der Waals surface area contributed by atoms with E-state index in [9.17, 15) is 0 Å². The van der Waals surface area contributed by atoms with Crippen molar-refractivity contribution in [2.45, 2.75) is 24.6 Å². The highest BCUT2D eigenvalue weighted by molar-refractivity contribution is 7.16. The van der Waals surface area contributed by atoms with Gasteiger partial charge in [-0.25, -0.2) is 0 Å². The Hall–Kier alpha value is -0.500. The molecule has 3 rings (SSSR count). The van der Waals surface area contributed by atoms with Crippen LogP contribution in [0, 0.1) is 5.92 Å². The topological polar surface area (TPSA) is 0 Å². The van der Waals surface area contributed by atoms with Crippen molar-refractivity contribution in [2.75, 3.05) is 0 Å². The number of thiophene rings is 1. The molecule has 94 valence electrons. The van der Waals surface area contributed by atoms with Gasteiger partial charge in [-0.05, 0) is 48.4 Å². The van der Waals surface area contributed by atoms with Crippen LogP contribution >= 0.6 is 34.5 Å². The van der Waals surface area contributed by atoms with Crippen molar-refractivity contribution in [1.29, 1.82) is 0 Å². The summed E-state index contributed by atoms with van der Waals surface area (Å²) in [5.74, 6) is 0.524. The maximum atomic E-state index is 6.62. The number of aryl methyl sites for hydroxylation is 1. The van der Waals surface area contributed by atoms with Crippen LogP contribution in [-0.2, 0) is 12.8 Å². The van der Waals surface area contributed by atoms with Gasteiger partial charge in [0.1, 0.15) is 0 Å². The van der Waals surface area contributed by atoms with Crippen molar-refractivity contribution >= 4 is 34.5 Å². The maximum Gasteiger partial charge on any atom is 0.0931 e. The van der Waals surface area contributed by atoms with Gasteiger partial charge in [0, 0.05) is 4.88 Å². The first-order valence-electron chi connectivity index (χ1n) is 6.20. The van der Waals surface area contributed by atoms with Crippen molar-refractivity contribution in [3.05, 3.63) is 56.7 Å². The average molecular weight is 297 g/mol. The fourth-order valence-electron chi connectivity index (χ4n) is 2.68. The number of benzene rings is 1. The first-order chi connectivity index (χ1) is 8.74. The summed E-state index contributed by atoms with van der Waals surface area (Å²) < 4.78 is 0.826. The summed E-state index contributed by atoms with van der Waals surface area (Å²) in [6.45, 7) is 0. The van der Waals surface area contributed by atoms with E-state index >= 15 is 0 Å². The van der Waals surface area contributed by atoms with Gasteiger partial charge in [-0.2, -0.15) is 0 Å². The van der Waals surface area contributed by atoms with Gasteiger partial charge in [-0.3, -0.25) is 0 Å². The van der Waals surface area contributed by atoms with E-state index in [0.29, 0.717) is 5.92 Å². The zero-order chi connectivity index (χ0) is 12.5. The number of fused-ring (bicyclic) bond motifs is 1. The number of hydrogen-bond donors (Lipinski definition) is 0. The molecule has 0 nitrogen and oxygen atoms in total. The predicted octanol–water partition coefficient (Wildman–Crippen LogP) is 5.49. The SMILES string of the molecule is Clc1ccc(C(Cl)C2CCc3ccccc3C2)s1. The maximum absolute atomic E-state index is 6.62. The standard InChI is InChI=1S/C15H14Cl2S/c16-14-8-7-13(18-14)15(17)12-6-5-10-3-1-2-4-11(10)9-12/h1-4,7-8,12,15H,5-6,9H2. The fourth-order valence-corrected chi connectivity index (χ4v) is 4.24. The van der Waals surface area contributed by atoms with Gasteiger partial charge in [-0.15, -0.1) is 22.9 Å². The molecule has 1 heterocycles. The second kappa shape index (κ2) is 5.24. The Morgan fingerprint density at radius 3 is 2.61 bits per heavy atom. The van der Waals surface area contributed by atoms with Crippen LogP contribution < -0.4 is 0 Å². The minimum atomic E-state index is 0.0934. The first-order valence-corrected chi connectivity index (χ1v) is 7.83. The molecule has 2 aromatic rings. The van der Waals surface area contributed by atoms with E-state index in [1.54, 1.807) is 11.3 Å². The van der Waals surface area contributed by atoms with Gasteiger partial charge in [0.2, 0.25) is 0 Å². The first kappa shape index (κ1) is 12.5. The van der Waals surface area contributed by atoms with Crippen molar-refractivity contribution in [2.24, 2.45) is 5.92 Å². The zero-order valence-corrected chi connectivity index (χ0v) is 12.2. The Morgan fingerprint density at radius 2 is 1.89 bits per heavy atom. The minimum absolute atomic E-state index is 0.0934. The summed E-state index contributed by atoms with van der Waals surface area (Å²) >= 11 is 14.2. The van der Waals surface area contributed by atoms with Gasteiger partial charge in [0.05, 0.1) is 9.71 Å². The highest BCUT2D eigenvalue weighted by Gasteiger charge is 2.26. The summed E-state index contributed by atoms with van der Waals surface area (Å²) in [5, 5.41) is 0.0934. The zero-order valence-electron chi connectivity index (χ0n) is 9.90. The van der Waals surface area contributed by atoms with Crippen LogP contribution in [0.4, 0.5) is 0 Å². The summed E-state index contributed by atoms with van der Waals surface area (Å²) in [4.78, 5) is 1.20. The van der Waals surface area contributed by atoms with Crippen LogP contribution in [-0.4, -0.2) is 0 Å². The smallest absolute Gasteiger partial charge is 0.0931 e.